The summed E-state index contributed by atoms with van der Waals surface area (Å²) in [5.74, 6) is 0.966. The number of nitrogens with zero attached hydrogens (tertiary/aromatic N) is 2. The Hall–Kier alpha value is -3.78. The summed E-state index contributed by atoms with van der Waals surface area (Å²) >= 11 is 1.21. The van der Waals surface area contributed by atoms with Crippen LogP contribution in [0.15, 0.2) is 70.6 Å². The number of hydrogen-bond acceptors (Lipinski definition) is 6. The smallest absolute Gasteiger partial charge is 0.266 e. The van der Waals surface area contributed by atoms with Crippen molar-refractivity contribution < 1.29 is 14.3 Å². The number of amides is 1. The first-order valence-corrected chi connectivity index (χ1v) is 11.6. The topological polar surface area (TPSA) is 82.5 Å². The largest absolute Gasteiger partial charge is 0.497 e. The van der Waals surface area contributed by atoms with E-state index in [9.17, 15) is 9.59 Å². The normalized spacial score (nSPS) is 10.8. The molecule has 4 aromatic rings. The summed E-state index contributed by atoms with van der Waals surface area (Å²) < 4.78 is 12.1. The second-order valence-corrected chi connectivity index (χ2v) is 8.78. The zero-order valence-electron chi connectivity index (χ0n) is 19.4. The molecule has 1 N–H and O–H groups in total. The number of carbonyl (C=O) groups is 1. The molecule has 0 saturated heterocycles. The lowest BCUT2D eigenvalue weighted by Gasteiger charge is -2.15. The molecular weight excluding hydrogens is 450 g/mol. The molecule has 3 aromatic carbocycles. The Bertz CT molecular complexity index is 1390. The molecule has 34 heavy (non-hydrogen) atoms. The summed E-state index contributed by atoms with van der Waals surface area (Å²) in [5, 5.41) is 3.83. The highest BCUT2D eigenvalue weighted by molar-refractivity contribution is 7.99. The van der Waals surface area contributed by atoms with E-state index >= 15 is 0 Å². The third kappa shape index (κ3) is 5.07. The maximum atomic E-state index is 13.4. The zero-order valence-corrected chi connectivity index (χ0v) is 20.2. The van der Waals surface area contributed by atoms with E-state index in [0.717, 1.165) is 16.8 Å². The number of hydrogen-bond donors (Lipinski definition) is 1. The van der Waals surface area contributed by atoms with Crippen LogP contribution < -0.4 is 20.3 Å². The molecule has 1 heterocycles. The first-order valence-electron chi connectivity index (χ1n) is 10.6. The van der Waals surface area contributed by atoms with Gasteiger partial charge < -0.3 is 14.8 Å². The van der Waals surface area contributed by atoms with E-state index < -0.39 is 0 Å². The molecule has 7 nitrogen and oxygen atoms in total. The van der Waals surface area contributed by atoms with Crippen LogP contribution in [0.1, 0.15) is 11.1 Å². The number of nitrogens with one attached hydrogen (secondary N) is 1. The second kappa shape index (κ2) is 10.0. The molecule has 0 aliphatic rings. The minimum Gasteiger partial charge on any atom is -0.497 e. The molecule has 0 atom stereocenters. The molecule has 1 aromatic heterocycles. The molecule has 0 fully saturated rings. The van der Waals surface area contributed by atoms with Crippen molar-refractivity contribution in [3.63, 3.8) is 0 Å². The predicted octanol–water partition coefficient (Wildman–Crippen LogP) is 4.75. The average Bonchev–Trinajstić information content (AvgIpc) is 2.81. The Balaban J connectivity index is 1.66. The van der Waals surface area contributed by atoms with Crippen molar-refractivity contribution >= 4 is 34.3 Å². The summed E-state index contributed by atoms with van der Waals surface area (Å²) in [4.78, 5) is 30.9. The number of anilines is 1. The lowest BCUT2D eigenvalue weighted by Crippen LogP contribution is -2.23. The van der Waals surface area contributed by atoms with Crippen LogP contribution in [0, 0.1) is 13.8 Å². The van der Waals surface area contributed by atoms with Crippen LogP contribution in [0.3, 0.4) is 0 Å². The van der Waals surface area contributed by atoms with Crippen LogP contribution >= 0.6 is 11.8 Å². The minimum absolute atomic E-state index is 0.0646. The van der Waals surface area contributed by atoms with E-state index in [2.05, 4.69) is 5.32 Å². The Morgan fingerprint density at radius 1 is 0.971 bits per heavy atom. The van der Waals surface area contributed by atoms with Crippen LogP contribution in [-0.2, 0) is 4.79 Å². The third-order valence-corrected chi connectivity index (χ3v) is 6.12. The van der Waals surface area contributed by atoms with Crippen molar-refractivity contribution in [2.45, 2.75) is 19.0 Å². The first kappa shape index (κ1) is 23.4. The molecule has 0 aliphatic carbocycles. The SMILES string of the molecule is COc1cc(NC(=O)CSc2nc3ccccc3c(=O)n2-c2cc(C)cc(C)c2)cc(OC)c1. The van der Waals surface area contributed by atoms with E-state index in [0.29, 0.717) is 33.2 Å². The van der Waals surface area contributed by atoms with Gasteiger partial charge in [-0.3, -0.25) is 14.2 Å². The standard InChI is InChI=1S/C26H25N3O4S/c1-16-9-17(2)11-19(10-16)29-25(31)22-7-5-6-8-23(22)28-26(29)34-15-24(30)27-18-12-20(32-3)14-21(13-18)33-4/h5-14H,15H2,1-4H3,(H,27,30). The number of aromatic nitrogens is 2. The highest BCUT2D eigenvalue weighted by Crippen LogP contribution is 2.27. The fraction of sp³-hybridized carbons (Fsp3) is 0.192. The van der Waals surface area contributed by atoms with Gasteiger partial charge in [0, 0.05) is 23.9 Å². The number of thioether (sulfide) groups is 1. The van der Waals surface area contributed by atoms with Gasteiger partial charge in [0.25, 0.3) is 5.56 Å². The molecule has 4 rings (SSSR count). The fourth-order valence-electron chi connectivity index (χ4n) is 3.72. The predicted molar refractivity (Wildman–Crippen MR) is 136 cm³/mol. The van der Waals surface area contributed by atoms with Gasteiger partial charge in [-0.1, -0.05) is 30.0 Å². The van der Waals surface area contributed by atoms with Gasteiger partial charge in [0.05, 0.1) is 36.6 Å². The quantitative estimate of drug-likeness (QED) is 0.307. The molecule has 0 radical (unpaired) electrons. The van der Waals surface area contributed by atoms with E-state index in [1.807, 2.05) is 44.2 Å². The van der Waals surface area contributed by atoms with Gasteiger partial charge in [-0.05, 0) is 49.2 Å². The van der Waals surface area contributed by atoms with Gasteiger partial charge in [-0.25, -0.2) is 4.98 Å². The summed E-state index contributed by atoms with van der Waals surface area (Å²) in [6, 6.07) is 18.3. The third-order valence-electron chi connectivity index (χ3n) is 5.18. The van der Waals surface area contributed by atoms with Crippen LogP contribution in [0.25, 0.3) is 16.6 Å². The Morgan fingerprint density at radius 2 is 1.62 bits per heavy atom. The van der Waals surface area contributed by atoms with Gasteiger partial charge in [0.1, 0.15) is 11.5 Å². The highest BCUT2D eigenvalue weighted by atomic mass is 32.2. The van der Waals surface area contributed by atoms with Gasteiger partial charge in [0.2, 0.25) is 5.91 Å². The molecular formula is C26H25N3O4S. The molecule has 174 valence electrons. The average molecular weight is 476 g/mol. The first-order chi connectivity index (χ1) is 16.4. The highest BCUT2D eigenvalue weighted by Gasteiger charge is 2.16. The molecule has 0 unspecified atom stereocenters. The van der Waals surface area contributed by atoms with Crippen molar-refractivity contribution in [1.29, 1.82) is 0 Å². The van der Waals surface area contributed by atoms with Crippen molar-refractivity contribution in [3.05, 3.63) is 82.1 Å². The number of methoxy groups -OCH3 is 2. The second-order valence-electron chi connectivity index (χ2n) is 7.84. The van der Waals surface area contributed by atoms with Gasteiger partial charge in [0.15, 0.2) is 5.16 Å². The van der Waals surface area contributed by atoms with Crippen molar-refractivity contribution in [2.24, 2.45) is 0 Å². The lowest BCUT2D eigenvalue weighted by molar-refractivity contribution is -0.113. The lowest BCUT2D eigenvalue weighted by atomic mass is 10.1. The number of rotatable bonds is 7. The number of fused-ring (bicyclic) bond motifs is 1. The number of benzene rings is 3. The summed E-state index contributed by atoms with van der Waals surface area (Å²) in [7, 11) is 3.10. The molecule has 0 saturated carbocycles. The Labute approximate surface area is 201 Å². The van der Waals surface area contributed by atoms with Crippen molar-refractivity contribution in [1.82, 2.24) is 9.55 Å². The van der Waals surface area contributed by atoms with Crippen LogP contribution in [0.5, 0.6) is 11.5 Å². The van der Waals surface area contributed by atoms with E-state index in [-0.39, 0.29) is 17.2 Å². The van der Waals surface area contributed by atoms with Crippen molar-refractivity contribution in [2.75, 3.05) is 25.3 Å². The van der Waals surface area contributed by atoms with E-state index in [4.69, 9.17) is 14.5 Å². The monoisotopic (exact) mass is 475 g/mol. The van der Waals surface area contributed by atoms with E-state index in [1.165, 1.54) is 11.8 Å². The molecule has 1 amide bonds. The van der Waals surface area contributed by atoms with E-state index in [1.54, 1.807) is 49.1 Å². The van der Waals surface area contributed by atoms with Gasteiger partial charge >= 0.3 is 0 Å². The summed E-state index contributed by atoms with van der Waals surface area (Å²) in [6.07, 6.45) is 0. The molecule has 0 bridgehead atoms. The fourth-order valence-corrected chi connectivity index (χ4v) is 4.54. The number of carbonyl (C=O) groups excluding carboxylic acids is 1. The molecule has 0 aliphatic heterocycles. The van der Waals surface area contributed by atoms with Gasteiger partial charge in [-0.2, -0.15) is 0 Å². The van der Waals surface area contributed by atoms with Crippen LogP contribution in [-0.4, -0.2) is 35.4 Å². The maximum absolute atomic E-state index is 13.4. The van der Waals surface area contributed by atoms with Crippen LogP contribution in [0.2, 0.25) is 0 Å². The maximum Gasteiger partial charge on any atom is 0.266 e. The van der Waals surface area contributed by atoms with Gasteiger partial charge in [-0.15, -0.1) is 0 Å². The summed E-state index contributed by atoms with van der Waals surface area (Å²) in [6.45, 7) is 3.97. The number of ether oxygens (including phenoxy) is 2. The summed E-state index contributed by atoms with van der Waals surface area (Å²) in [5.41, 5.74) is 3.78. The Kier molecular flexibility index (Phi) is 6.88. The molecule has 0 spiro atoms. The van der Waals surface area contributed by atoms with Crippen molar-refractivity contribution in [3.8, 4) is 17.2 Å². The Morgan fingerprint density at radius 3 is 2.26 bits per heavy atom. The zero-order chi connectivity index (χ0) is 24.2. The van der Waals surface area contributed by atoms with Crippen LogP contribution in [0.4, 0.5) is 5.69 Å². The minimum atomic E-state index is -0.241. The number of para-hydroxylation sites is 1. The molecule has 8 heteroatoms. The number of aryl methyl sites for hydroxylation is 2.